The van der Waals surface area contributed by atoms with Crippen molar-refractivity contribution in [3.63, 3.8) is 0 Å². The summed E-state index contributed by atoms with van der Waals surface area (Å²) in [5.74, 6) is -4.37. The number of hydrogen-bond acceptors (Lipinski definition) is 14. The van der Waals surface area contributed by atoms with E-state index < -0.39 is 58.0 Å². The van der Waals surface area contributed by atoms with Gasteiger partial charge in [-0.05, 0) is 86.6 Å². The number of cyclic esters (lactones) is 1. The average Bonchev–Trinajstić information content (AvgIpc) is 4.29. The number of carbonyl (C=O) groups is 9. The molecule has 6 amide bonds. The van der Waals surface area contributed by atoms with Crippen molar-refractivity contribution in [1.29, 1.82) is 0 Å². The standard InChI is InChI=1S/C58H66FN7O13/c1-4-58(77)39-25-44-52-37(28-66(44)54(74)38(39)29-79-56(58)76)51-41(16-15-36-33(3)40(59)26-43(63-52)50(36)51)64-55(75)57(20-21-57)30-78-31-61-47(70)19-17-45(68)42(24-34-11-7-5-8-12-34)62-48(71)18-14-35(67)27-60-46(69)13-9-6-10-22-65-49(72)23-32(2)53(65)73/h5,7-8,11-12,25-26,32,41-42,77H,4,6,9-10,13-24,27-31H2,1-3H3,(H,60,69)(H,61,70)(H,62,71)(H,64,75)/t32?,41-,42-,58-/m0/s1. The van der Waals surface area contributed by atoms with Crippen LogP contribution in [0, 0.1) is 24.1 Å². The van der Waals surface area contributed by atoms with E-state index in [0.29, 0.717) is 84.9 Å². The van der Waals surface area contributed by atoms with Gasteiger partial charge in [0.2, 0.25) is 35.4 Å². The number of aromatic nitrogens is 2. The summed E-state index contributed by atoms with van der Waals surface area (Å²) in [5.41, 5.74) is 1.43. The van der Waals surface area contributed by atoms with Crippen LogP contribution in [0.1, 0.15) is 142 Å². The minimum atomic E-state index is -2.04. The molecule has 5 aliphatic rings. The van der Waals surface area contributed by atoms with Crippen molar-refractivity contribution in [2.45, 2.75) is 148 Å². The van der Waals surface area contributed by atoms with E-state index in [1.807, 2.05) is 6.07 Å². The molecule has 2 aromatic carbocycles. The number of likely N-dealkylation sites (tertiary alicyclic amines) is 1. The van der Waals surface area contributed by atoms with Crippen LogP contribution in [-0.4, -0.2) is 105 Å². The van der Waals surface area contributed by atoms with E-state index >= 15 is 4.39 Å². The number of pyridine rings is 2. The predicted molar refractivity (Wildman–Crippen MR) is 282 cm³/mol. The fourth-order valence-electron chi connectivity index (χ4n) is 11.3. The second-order valence-electron chi connectivity index (χ2n) is 21.6. The van der Waals surface area contributed by atoms with Gasteiger partial charge in [-0.3, -0.25) is 48.1 Å². The van der Waals surface area contributed by atoms with Crippen LogP contribution in [0.2, 0.25) is 0 Å². The van der Waals surface area contributed by atoms with Crippen molar-refractivity contribution in [2.75, 3.05) is 26.4 Å². The van der Waals surface area contributed by atoms with E-state index in [1.165, 1.54) is 15.5 Å². The molecule has 1 saturated heterocycles. The van der Waals surface area contributed by atoms with Crippen molar-refractivity contribution >= 4 is 63.9 Å². The Morgan fingerprint density at radius 1 is 0.911 bits per heavy atom. The van der Waals surface area contributed by atoms with Crippen LogP contribution in [-0.2, 0) is 84.2 Å². The maximum absolute atomic E-state index is 15.5. The van der Waals surface area contributed by atoms with Crippen molar-refractivity contribution in [3.8, 4) is 11.4 Å². The lowest BCUT2D eigenvalue weighted by atomic mass is 9.81. The molecular formula is C58H66FN7O13. The zero-order valence-corrected chi connectivity index (χ0v) is 44.7. The quantitative estimate of drug-likeness (QED) is 0.0239. The third-order valence-corrected chi connectivity index (χ3v) is 16.2. The minimum Gasteiger partial charge on any atom is -0.458 e. The van der Waals surface area contributed by atoms with Gasteiger partial charge in [0.1, 0.15) is 19.2 Å². The SMILES string of the molecule is CC[C@@]1(O)C(=O)OCc2c1cc1n(c2=O)Cc2c-1nc1cc(F)c(C)c3c1c2[C@@H](NC(=O)C1(COCNC(=O)CCC(=O)[C@H](Cc2ccccc2)NC(=O)CCC(=O)CNC(=O)CCCCCN2C(=O)CC(C)C2=O)CC1)CC3. The Labute approximate surface area is 454 Å². The van der Waals surface area contributed by atoms with Crippen LogP contribution in [0.4, 0.5) is 4.39 Å². The van der Waals surface area contributed by atoms with Gasteiger partial charge < -0.3 is 40.4 Å². The number of halogens is 1. The molecule has 20 nitrogen and oxygen atoms in total. The molecule has 2 aromatic heterocycles. The van der Waals surface area contributed by atoms with Gasteiger partial charge in [-0.2, -0.15) is 0 Å². The number of benzene rings is 2. The third kappa shape index (κ3) is 11.8. The molecule has 79 heavy (non-hydrogen) atoms. The van der Waals surface area contributed by atoms with Gasteiger partial charge in [0.05, 0.1) is 59.7 Å². The Balaban J connectivity index is 0.746. The normalized spacial score (nSPS) is 19.7. The van der Waals surface area contributed by atoms with Crippen LogP contribution in [0.15, 0.2) is 47.3 Å². The summed E-state index contributed by atoms with van der Waals surface area (Å²) >= 11 is 0. The number of ketones is 2. The lowest BCUT2D eigenvalue weighted by Gasteiger charge is -2.31. The summed E-state index contributed by atoms with van der Waals surface area (Å²) in [5, 5.41) is 23.3. The lowest BCUT2D eigenvalue weighted by Crippen LogP contribution is -2.44. The van der Waals surface area contributed by atoms with E-state index in [4.69, 9.17) is 14.5 Å². The number of amides is 6. The molecule has 9 rings (SSSR count). The van der Waals surface area contributed by atoms with Gasteiger partial charge >= 0.3 is 5.97 Å². The molecule has 3 aliphatic heterocycles. The molecule has 1 unspecified atom stereocenters. The number of fused-ring (bicyclic) bond motifs is 5. The highest BCUT2D eigenvalue weighted by Gasteiger charge is 2.51. The maximum atomic E-state index is 15.5. The molecule has 0 spiro atoms. The number of ether oxygens (including phenoxy) is 2. The Morgan fingerprint density at radius 3 is 2.38 bits per heavy atom. The van der Waals surface area contributed by atoms with E-state index in [2.05, 4.69) is 21.3 Å². The Hall–Kier alpha value is -7.52. The second-order valence-corrected chi connectivity index (χ2v) is 21.6. The number of nitrogens with zero attached hydrogens (tertiary/aromatic N) is 3. The number of nitrogens with one attached hydrogen (secondary N) is 4. The summed E-state index contributed by atoms with van der Waals surface area (Å²) in [6.07, 6.45) is 3.26. The highest BCUT2D eigenvalue weighted by atomic mass is 19.1. The molecule has 5 N–H and O–H groups in total. The molecule has 2 aliphatic carbocycles. The van der Waals surface area contributed by atoms with E-state index in [-0.39, 0.29) is 131 Å². The number of esters is 1. The number of hydrogen-bond donors (Lipinski definition) is 5. The zero-order valence-electron chi connectivity index (χ0n) is 44.7. The first-order chi connectivity index (χ1) is 37.8. The Kier molecular flexibility index (Phi) is 16.7. The number of Topliss-reactive ketones (excluding diaryl/α,β-unsaturated/α-hetero) is 2. The Bertz CT molecular complexity index is 3230. The van der Waals surface area contributed by atoms with Gasteiger partial charge in [0.15, 0.2) is 17.2 Å². The minimum absolute atomic E-state index is 0.0165. The predicted octanol–water partition coefficient (Wildman–Crippen LogP) is 4.00. The summed E-state index contributed by atoms with van der Waals surface area (Å²) in [6, 6.07) is 10.4. The molecule has 0 radical (unpaired) electrons. The van der Waals surface area contributed by atoms with Gasteiger partial charge in [-0.25, -0.2) is 14.2 Å². The zero-order chi connectivity index (χ0) is 56.3. The van der Waals surface area contributed by atoms with E-state index in [1.54, 1.807) is 51.1 Å². The molecule has 5 heterocycles. The first-order valence-electron chi connectivity index (χ1n) is 27.3. The lowest BCUT2D eigenvalue weighted by molar-refractivity contribution is -0.172. The van der Waals surface area contributed by atoms with Crippen LogP contribution < -0.4 is 26.8 Å². The average molecular weight is 1090 g/mol. The van der Waals surface area contributed by atoms with Gasteiger partial charge in [-0.1, -0.05) is 50.6 Å². The molecule has 1 saturated carbocycles. The third-order valence-electron chi connectivity index (χ3n) is 16.2. The van der Waals surface area contributed by atoms with Crippen LogP contribution in [0.5, 0.6) is 0 Å². The molecule has 4 atom stereocenters. The number of carbonyl (C=O) groups excluding carboxylic acids is 9. The summed E-state index contributed by atoms with van der Waals surface area (Å²) in [7, 11) is 0. The highest BCUT2D eigenvalue weighted by Crippen LogP contribution is 2.49. The second kappa shape index (κ2) is 23.4. The first kappa shape index (κ1) is 56.2. The van der Waals surface area contributed by atoms with Crippen molar-refractivity contribution in [2.24, 2.45) is 11.3 Å². The number of aliphatic hydroxyl groups is 1. The monoisotopic (exact) mass is 1090 g/mol. The maximum Gasteiger partial charge on any atom is 0.343 e. The van der Waals surface area contributed by atoms with Gasteiger partial charge in [0.25, 0.3) is 5.56 Å². The number of imide groups is 1. The molecule has 2 fully saturated rings. The molecule has 0 bridgehead atoms. The smallest absolute Gasteiger partial charge is 0.343 e. The summed E-state index contributed by atoms with van der Waals surface area (Å²) < 4.78 is 28.1. The number of aryl methyl sites for hydroxylation is 1. The topological polar surface area (TPSA) is 279 Å². The van der Waals surface area contributed by atoms with Gasteiger partial charge in [0, 0.05) is 73.6 Å². The van der Waals surface area contributed by atoms with Crippen molar-refractivity contribution in [1.82, 2.24) is 35.7 Å². The number of rotatable bonds is 25. The first-order valence-corrected chi connectivity index (χ1v) is 27.3. The Morgan fingerprint density at radius 2 is 1.66 bits per heavy atom. The molecule has 418 valence electrons. The van der Waals surface area contributed by atoms with Crippen LogP contribution in [0.25, 0.3) is 22.3 Å². The fourth-order valence-corrected chi connectivity index (χ4v) is 11.3. The van der Waals surface area contributed by atoms with E-state index in [9.17, 15) is 53.1 Å². The van der Waals surface area contributed by atoms with Crippen LogP contribution in [0.3, 0.4) is 0 Å². The van der Waals surface area contributed by atoms with Crippen molar-refractivity contribution in [3.05, 3.63) is 97.6 Å². The van der Waals surface area contributed by atoms with Crippen LogP contribution >= 0.6 is 0 Å². The molecule has 4 aromatic rings. The molecular weight excluding hydrogens is 1020 g/mol. The largest absolute Gasteiger partial charge is 0.458 e. The molecule has 21 heteroatoms. The highest BCUT2D eigenvalue weighted by molar-refractivity contribution is 6.03. The van der Waals surface area contributed by atoms with Crippen molar-refractivity contribution < 1.29 is 62.1 Å². The summed E-state index contributed by atoms with van der Waals surface area (Å²) in [4.78, 5) is 136. The van der Waals surface area contributed by atoms with E-state index in [0.717, 1.165) is 16.7 Å². The fraction of sp³-hybridized carbons (Fsp3) is 0.500. The van der Waals surface area contributed by atoms with Gasteiger partial charge in [-0.15, -0.1) is 0 Å². The number of unbranched alkanes of at least 4 members (excludes halogenated alkanes) is 2. The summed E-state index contributed by atoms with van der Waals surface area (Å²) in [6.45, 7) is 4.62.